The van der Waals surface area contributed by atoms with Crippen molar-refractivity contribution in [2.75, 3.05) is 13.7 Å². The smallest absolute Gasteiger partial charge is 0.244 e. The fraction of sp³-hybridized carbons (Fsp3) is 0.200. The number of nitrogens with one attached hydrogen (secondary N) is 1. The molecule has 5 heteroatoms. The summed E-state index contributed by atoms with van der Waals surface area (Å²) in [7, 11) is 1.62. The van der Waals surface area contributed by atoms with E-state index >= 15 is 0 Å². The van der Waals surface area contributed by atoms with E-state index in [1.54, 1.807) is 25.5 Å². The predicted molar refractivity (Wildman–Crippen MR) is 122 cm³/mol. The molecule has 30 heavy (non-hydrogen) atoms. The summed E-state index contributed by atoms with van der Waals surface area (Å²) < 4.78 is 11.3. The zero-order valence-electron chi connectivity index (χ0n) is 17.5. The van der Waals surface area contributed by atoms with E-state index in [0.717, 1.165) is 16.7 Å². The highest BCUT2D eigenvalue weighted by molar-refractivity contribution is 5.88. The summed E-state index contributed by atoms with van der Waals surface area (Å²) in [5.74, 6) is 1.22. The zero-order valence-corrected chi connectivity index (χ0v) is 17.5. The molecule has 2 aromatic carbocycles. The Morgan fingerprint density at radius 3 is 2.57 bits per heavy atom. The van der Waals surface area contributed by atoms with Gasteiger partial charge in [-0.05, 0) is 61.0 Å². The molecule has 0 heterocycles. The lowest BCUT2D eigenvalue weighted by atomic mass is 10.1. The van der Waals surface area contributed by atoms with Crippen molar-refractivity contribution in [3.05, 3.63) is 95.7 Å². The van der Waals surface area contributed by atoms with E-state index in [1.807, 2.05) is 61.5 Å². The van der Waals surface area contributed by atoms with Crippen LogP contribution in [0.4, 0.5) is 0 Å². The quantitative estimate of drug-likeness (QED) is 0.337. The first-order valence-electron chi connectivity index (χ1n) is 9.74. The van der Waals surface area contributed by atoms with Crippen LogP contribution in [0.15, 0.2) is 89.6 Å². The molecular weight excluding hydrogens is 376 g/mol. The number of rotatable bonds is 11. The fourth-order valence-electron chi connectivity index (χ4n) is 2.67. The number of hydrogen-bond acceptors (Lipinski definition) is 4. The molecular formula is C25H28N2O3. The molecule has 2 rings (SSSR count). The highest BCUT2D eigenvalue weighted by Crippen LogP contribution is 2.29. The lowest BCUT2D eigenvalue weighted by Crippen LogP contribution is -2.23. The second-order valence-electron chi connectivity index (χ2n) is 6.42. The Morgan fingerprint density at radius 2 is 1.87 bits per heavy atom. The molecule has 0 aliphatic heterocycles. The van der Waals surface area contributed by atoms with Gasteiger partial charge in [-0.1, -0.05) is 42.5 Å². The monoisotopic (exact) mass is 404 g/mol. The minimum atomic E-state index is -0.150. The predicted octanol–water partition coefficient (Wildman–Crippen LogP) is 4.65. The Hall–Kier alpha value is -3.60. The summed E-state index contributed by atoms with van der Waals surface area (Å²) in [5, 5.41) is 2.89. The third-order valence-electron chi connectivity index (χ3n) is 4.31. The van der Waals surface area contributed by atoms with Crippen LogP contribution in [-0.2, 0) is 17.8 Å². The number of aliphatic imine (C=N–C) groups is 1. The molecule has 0 radical (unpaired) electrons. The zero-order chi connectivity index (χ0) is 21.6. The first-order chi connectivity index (χ1) is 14.7. The molecule has 1 N–H and O–H groups in total. The largest absolute Gasteiger partial charge is 0.493 e. The average Bonchev–Trinajstić information content (AvgIpc) is 2.78. The number of carbonyl (C=O) groups is 1. The molecule has 1 amide bonds. The third-order valence-corrected chi connectivity index (χ3v) is 4.31. The molecule has 0 saturated carbocycles. The van der Waals surface area contributed by atoms with Crippen molar-refractivity contribution >= 4 is 12.6 Å². The van der Waals surface area contributed by atoms with Crippen molar-refractivity contribution in [1.82, 2.24) is 5.32 Å². The van der Waals surface area contributed by atoms with Gasteiger partial charge < -0.3 is 14.8 Å². The van der Waals surface area contributed by atoms with Crippen LogP contribution in [0.3, 0.4) is 0 Å². The van der Waals surface area contributed by atoms with E-state index in [1.165, 1.54) is 6.08 Å². The lowest BCUT2D eigenvalue weighted by Gasteiger charge is -2.12. The van der Waals surface area contributed by atoms with Crippen LogP contribution in [0.1, 0.15) is 18.1 Å². The molecule has 156 valence electrons. The van der Waals surface area contributed by atoms with Gasteiger partial charge in [0, 0.05) is 18.8 Å². The summed E-state index contributed by atoms with van der Waals surface area (Å²) in [4.78, 5) is 15.7. The Kier molecular flexibility index (Phi) is 9.66. The third kappa shape index (κ3) is 7.80. The number of methoxy groups -OCH3 is 1. The first kappa shape index (κ1) is 22.7. The van der Waals surface area contributed by atoms with Crippen LogP contribution in [0, 0.1) is 0 Å². The van der Waals surface area contributed by atoms with Crippen LogP contribution in [0.5, 0.6) is 11.5 Å². The Labute approximate surface area is 178 Å². The molecule has 0 fully saturated rings. The van der Waals surface area contributed by atoms with Crippen LogP contribution < -0.4 is 14.8 Å². The fourth-order valence-corrected chi connectivity index (χ4v) is 2.67. The highest BCUT2D eigenvalue weighted by atomic mass is 16.5. The van der Waals surface area contributed by atoms with Gasteiger partial charge in [-0.3, -0.25) is 9.79 Å². The van der Waals surface area contributed by atoms with Gasteiger partial charge in [0.2, 0.25) is 5.91 Å². The molecule has 0 aliphatic carbocycles. The van der Waals surface area contributed by atoms with Crippen LogP contribution >= 0.6 is 0 Å². The maximum absolute atomic E-state index is 12.0. The van der Waals surface area contributed by atoms with E-state index in [2.05, 4.69) is 17.0 Å². The maximum Gasteiger partial charge on any atom is 0.244 e. The minimum absolute atomic E-state index is 0.150. The van der Waals surface area contributed by atoms with Gasteiger partial charge in [-0.2, -0.15) is 0 Å². The molecule has 0 saturated heterocycles. The number of carbonyl (C=O) groups excluding carboxylic acids is 1. The number of ether oxygens (including phenoxy) is 2. The molecule has 0 aromatic heterocycles. The van der Waals surface area contributed by atoms with Gasteiger partial charge in [-0.15, -0.1) is 0 Å². The molecule has 0 atom stereocenters. The topological polar surface area (TPSA) is 59.9 Å². The number of amides is 1. The van der Waals surface area contributed by atoms with Crippen molar-refractivity contribution in [3.8, 4) is 11.5 Å². The summed E-state index contributed by atoms with van der Waals surface area (Å²) >= 11 is 0. The number of hydrogen-bond donors (Lipinski definition) is 1. The standard InChI is InChI=1S/C25H28N2O3/c1-4-20(14-16-26-2)11-13-25(28)27-17-15-21-10-12-23(29-3)24(18-21)30-19-22-8-6-5-7-9-22/h4-14,16,18H,2,15,17,19H2,1,3H3,(H,27,28)/b13-11+,16-14-,20-4-. The second kappa shape index (κ2) is 12.8. The van der Waals surface area contributed by atoms with Crippen LogP contribution in [0.25, 0.3) is 0 Å². The normalized spacial score (nSPS) is 11.6. The van der Waals surface area contributed by atoms with Crippen molar-refractivity contribution in [2.45, 2.75) is 20.0 Å². The van der Waals surface area contributed by atoms with Crippen LogP contribution in [0.2, 0.25) is 0 Å². The van der Waals surface area contributed by atoms with E-state index in [0.29, 0.717) is 31.1 Å². The Balaban J connectivity index is 1.89. The van der Waals surface area contributed by atoms with Crippen molar-refractivity contribution in [1.29, 1.82) is 0 Å². The minimum Gasteiger partial charge on any atom is -0.493 e. The number of benzene rings is 2. The van der Waals surface area contributed by atoms with E-state index in [-0.39, 0.29) is 5.91 Å². The second-order valence-corrected chi connectivity index (χ2v) is 6.42. The summed E-state index contributed by atoms with van der Waals surface area (Å²) in [6, 6.07) is 15.8. The van der Waals surface area contributed by atoms with Gasteiger partial charge in [-0.25, -0.2) is 0 Å². The number of allylic oxidation sites excluding steroid dienone is 4. The van der Waals surface area contributed by atoms with Gasteiger partial charge >= 0.3 is 0 Å². The van der Waals surface area contributed by atoms with E-state index in [9.17, 15) is 4.79 Å². The molecule has 0 spiro atoms. The average molecular weight is 405 g/mol. The SMILES string of the molecule is C=N\C=C/C(=C\C)/C=C/C(=O)NCCc1ccc(OC)c(OCc2ccccc2)c1. The van der Waals surface area contributed by atoms with Crippen molar-refractivity contribution in [2.24, 2.45) is 4.99 Å². The Bertz CT molecular complexity index is 915. The number of nitrogens with zero attached hydrogens (tertiary/aromatic N) is 1. The summed E-state index contributed by atoms with van der Waals surface area (Å²) in [6.45, 7) is 6.27. The highest BCUT2D eigenvalue weighted by Gasteiger charge is 2.07. The molecule has 0 aliphatic rings. The van der Waals surface area contributed by atoms with Gasteiger partial charge in [0.25, 0.3) is 0 Å². The van der Waals surface area contributed by atoms with Gasteiger partial charge in [0.05, 0.1) is 7.11 Å². The van der Waals surface area contributed by atoms with Gasteiger partial charge in [0.1, 0.15) is 6.61 Å². The van der Waals surface area contributed by atoms with E-state index < -0.39 is 0 Å². The molecule has 5 nitrogen and oxygen atoms in total. The molecule has 2 aromatic rings. The van der Waals surface area contributed by atoms with Crippen molar-refractivity contribution < 1.29 is 14.3 Å². The molecule has 0 bridgehead atoms. The maximum atomic E-state index is 12.0. The Morgan fingerprint density at radius 1 is 1.07 bits per heavy atom. The van der Waals surface area contributed by atoms with Crippen LogP contribution in [-0.4, -0.2) is 26.3 Å². The molecule has 0 unspecified atom stereocenters. The lowest BCUT2D eigenvalue weighted by molar-refractivity contribution is -0.116. The van der Waals surface area contributed by atoms with E-state index in [4.69, 9.17) is 9.47 Å². The van der Waals surface area contributed by atoms with Crippen molar-refractivity contribution in [3.63, 3.8) is 0 Å². The first-order valence-corrected chi connectivity index (χ1v) is 9.74. The summed E-state index contributed by atoms with van der Waals surface area (Å²) in [5.41, 5.74) is 3.02. The van der Waals surface area contributed by atoms with Gasteiger partial charge in [0.15, 0.2) is 11.5 Å². The summed E-state index contributed by atoms with van der Waals surface area (Å²) in [6.07, 6.45) is 9.18.